The van der Waals surface area contributed by atoms with Gasteiger partial charge in [-0.15, -0.1) is 6.58 Å². The van der Waals surface area contributed by atoms with Crippen molar-refractivity contribution in [2.45, 2.75) is 52.2 Å². The van der Waals surface area contributed by atoms with Gasteiger partial charge >= 0.3 is 5.97 Å². The van der Waals surface area contributed by atoms with E-state index < -0.39 is 65.6 Å². The number of carboxylic acid groups (broad SMARTS) is 1. The molecule has 13 heteroatoms. The summed E-state index contributed by atoms with van der Waals surface area (Å²) in [6, 6.07) is -3.24. The zero-order valence-electron chi connectivity index (χ0n) is 19.3. The number of nitrogens with zero attached hydrogens (tertiary/aromatic N) is 1. The molecular formula is C21H29N5O7S. The normalized spacial score (nSPS) is 17.5. The van der Waals surface area contributed by atoms with Gasteiger partial charge in [0.1, 0.15) is 17.7 Å². The first-order valence-electron chi connectivity index (χ1n) is 10.4. The minimum atomic E-state index is -1.30. The van der Waals surface area contributed by atoms with E-state index in [9.17, 15) is 33.9 Å². The second-order valence-corrected chi connectivity index (χ2v) is 8.30. The number of thiocarbonyl (C=S) groups is 1. The van der Waals surface area contributed by atoms with E-state index in [1.165, 1.54) is 19.9 Å². The highest BCUT2D eigenvalue weighted by atomic mass is 32.1. The van der Waals surface area contributed by atoms with Crippen molar-refractivity contribution in [3.05, 3.63) is 24.3 Å². The molecule has 1 fully saturated rings. The average molecular weight is 496 g/mol. The summed E-state index contributed by atoms with van der Waals surface area (Å²) in [5.74, 6) is -4.94. The Balaban J connectivity index is 3.05. The highest BCUT2D eigenvalue weighted by molar-refractivity contribution is 7.80. The third kappa shape index (κ3) is 8.06. The maximum absolute atomic E-state index is 12.7. The van der Waals surface area contributed by atoms with Crippen molar-refractivity contribution in [1.82, 2.24) is 26.2 Å². The molecule has 0 aromatic carbocycles. The first kappa shape index (κ1) is 28.4. The lowest BCUT2D eigenvalue weighted by molar-refractivity contribution is -0.138. The van der Waals surface area contributed by atoms with Crippen LogP contribution < -0.4 is 21.3 Å². The number of carbonyl (C=O) groups excluding carboxylic acids is 5. The highest BCUT2D eigenvalue weighted by Crippen LogP contribution is 2.12. The molecule has 2 unspecified atom stereocenters. The summed E-state index contributed by atoms with van der Waals surface area (Å²) in [7, 11) is 0. The van der Waals surface area contributed by atoms with Crippen molar-refractivity contribution in [1.29, 1.82) is 0 Å². The number of rotatable bonds is 11. The first-order valence-corrected chi connectivity index (χ1v) is 10.8. The van der Waals surface area contributed by atoms with Crippen molar-refractivity contribution in [3.8, 4) is 0 Å². The Labute approximate surface area is 202 Å². The van der Waals surface area contributed by atoms with E-state index in [2.05, 4.69) is 27.8 Å². The average Bonchev–Trinajstić information content (AvgIpc) is 2.71. The van der Waals surface area contributed by atoms with Crippen LogP contribution in [-0.2, 0) is 28.8 Å². The van der Waals surface area contributed by atoms with E-state index in [0.717, 1.165) is 11.0 Å². The molecule has 0 saturated carbocycles. The van der Waals surface area contributed by atoms with Gasteiger partial charge < -0.3 is 21.1 Å². The SMILES string of the molecule is C=CCN1C(=O)/C(=C\[C@@H](CC(=O)O)NC(=O)C(C)NC(=O)C(NC(C)=O)C(C)C)C(=O)NC1=S. The molecule has 0 aromatic rings. The Kier molecular flexibility index (Phi) is 10.5. The van der Waals surface area contributed by atoms with Gasteiger partial charge in [0.05, 0.1) is 12.5 Å². The van der Waals surface area contributed by atoms with Crippen molar-refractivity contribution in [2.75, 3.05) is 6.54 Å². The van der Waals surface area contributed by atoms with E-state index in [0.29, 0.717) is 0 Å². The predicted octanol–water partition coefficient (Wildman–Crippen LogP) is -1.03. The van der Waals surface area contributed by atoms with Crippen molar-refractivity contribution in [3.63, 3.8) is 0 Å². The quantitative estimate of drug-likeness (QED) is 0.105. The molecule has 1 rings (SSSR count). The molecule has 0 spiro atoms. The van der Waals surface area contributed by atoms with Crippen molar-refractivity contribution < 1.29 is 33.9 Å². The van der Waals surface area contributed by atoms with E-state index >= 15 is 0 Å². The van der Waals surface area contributed by atoms with Crippen molar-refractivity contribution in [2.24, 2.45) is 5.92 Å². The third-order valence-corrected chi connectivity index (χ3v) is 4.97. The fourth-order valence-electron chi connectivity index (χ4n) is 2.98. The van der Waals surface area contributed by atoms with Gasteiger partial charge in [0.15, 0.2) is 5.11 Å². The molecule has 1 aliphatic rings. The molecule has 0 bridgehead atoms. The van der Waals surface area contributed by atoms with Crippen LogP contribution in [0.15, 0.2) is 24.3 Å². The van der Waals surface area contributed by atoms with Gasteiger partial charge in [0.25, 0.3) is 11.8 Å². The van der Waals surface area contributed by atoms with E-state index in [1.54, 1.807) is 13.8 Å². The summed E-state index contributed by atoms with van der Waals surface area (Å²) >= 11 is 4.96. The molecule has 186 valence electrons. The Bertz CT molecular complexity index is 930. The molecule has 3 atom stereocenters. The maximum atomic E-state index is 12.7. The minimum Gasteiger partial charge on any atom is -0.481 e. The summed E-state index contributed by atoms with van der Waals surface area (Å²) in [5.41, 5.74) is -0.399. The van der Waals surface area contributed by atoms with Crippen LogP contribution in [0.4, 0.5) is 0 Å². The Morgan fingerprint density at radius 3 is 2.24 bits per heavy atom. The van der Waals surface area contributed by atoms with Gasteiger partial charge in [0.2, 0.25) is 17.7 Å². The lowest BCUT2D eigenvalue weighted by atomic mass is 10.0. The molecule has 0 aromatic heterocycles. The number of amides is 5. The Morgan fingerprint density at radius 1 is 1.12 bits per heavy atom. The molecule has 0 aliphatic carbocycles. The minimum absolute atomic E-state index is 0.0135. The standard InChI is InChI=1S/C21H29N5O7S/c1-6-7-26-20(33)14(18(31)25-21(26)34)8-13(9-15(28)29)24-17(30)11(4)22-19(32)16(10(2)3)23-12(5)27/h6,8,10-11,13,16H,1,7,9H2,2-5H3,(H,22,32)(H,23,27)(H,24,30)(H,28,29)(H,25,31,34)/b14-8-/t11?,13-,16?/m0/s1. The summed E-state index contributed by atoms with van der Waals surface area (Å²) < 4.78 is 0. The van der Waals surface area contributed by atoms with E-state index in [4.69, 9.17) is 12.2 Å². The van der Waals surface area contributed by atoms with Crippen LogP contribution in [0.3, 0.4) is 0 Å². The van der Waals surface area contributed by atoms with Gasteiger partial charge in [-0.1, -0.05) is 19.9 Å². The third-order valence-electron chi connectivity index (χ3n) is 4.65. The topological polar surface area (TPSA) is 174 Å². The van der Waals surface area contributed by atoms with Gasteiger partial charge in [-0.2, -0.15) is 0 Å². The predicted molar refractivity (Wildman–Crippen MR) is 125 cm³/mol. The van der Waals surface area contributed by atoms with Crippen LogP contribution in [0.25, 0.3) is 0 Å². The summed E-state index contributed by atoms with van der Waals surface area (Å²) in [6.45, 7) is 9.58. The van der Waals surface area contributed by atoms with E-state index in [-0.39, 0.29) is 17.6 Å². The van der Waals surface area contributed by atoms with Crippen molar-refractivity contribution >= 4 is 52.8 Å². The summed E-state index contributed by atoms with van der Waals surface area (Å²) in [6.07, 6.45) is 1.79. The zero-order chi connectivity index (χ0) is 26.2. The highest BCUT2D eigenvalue weighted by Gasteiger charge is 2.34. The molecule has 0 radical (unpaired) electrons. The van der Waals surface area contributed by atoms with Crippen LogP contribution in [0.1, 0.15) is 34.1 Å². The Hall–Kier alpha value is -3.61. The number of carboxylic acids is 1. The number of hydrogen-bond acceptors (Lipinski definition) is 7. The molecule has 5 N–H and O–H groups in total. The summed E-state index contributed by atoms with van der Waals surface area (Å²) in [4.78, 5) is 73.8. The van der Waals surface area contributed by atoms with Crippen LogP contribution in [0, 0.1) is 5.92 Å². The van der Waals surface area contributed by atoms with Crippen LogP contribution in [-0.4, -0.2) is 75.3 Å². The number of hydrogen-bond donors (Lipinski definition) is 5. The van der Waals surface area contributed by atoms with Crippen LogP contribution in [0.2, 0.25) is 0 Å². The number of carbonyl (C=O) groups is 6. The van der Waals surface area contributed by atoms with Gasteiger partial charge in [0, 0.05) is 13.5 Å². The van der Waals surface area contributed by atoms with Gasteiger partial charge in [-0.3, -0.25) is 39.0 Å². The smallest absolute Gasteiger partial charge is 0.305 e. The lowest BCUT2D eigenvalue weighted by Gasteiger charge is -2.28. The molecule has 1 saturated heterocycles. The monoisotopic (exact) mass is 495 g/mol. The molecular weight excluding hydrogens is 466 g/mol. The Morgan fingerprint density at radius 2 is 1.74 bits per heavy atom. The largest absolute Gasteiger partial charge is 0.481 e. The van der Waals surface area contributed by atoms with E-state index in [1.807, 2.05) is 0 Å². The molecule has 1 aliphatic heterocycles. The van der Waals surface area contributed by atoms with Crippen LogP contribution >= 0.6 is 12.2 Å². The number of aliphatic carboxylic acids is 1. The molecule has 5 amide bonds. The van der Waals surface area contributed by atoms with Gasteiger partial charge in [-0.05, 0) is 31.1 Å². The molecule has 34 heavy (non-hydrogen) atoms. The first-order chi connectivity index (χ1) is 15.8. The maximum Gasteiger partial charge on any atom is 0.305 e. The fourth-order valence-corrected chi connectivity index (χ4v) is 3.23. The molecule has 1 heterocycles. The molecule has 12 nitrogen and oxygen atoms in total. The second-order valence-electron chi connectivity index (χ2n) is 7.91. The second kappa shape index (κ2) is 12.6. The number of nitrogens with one attached hydrogen (secondary N) is 4. The fraction of sp³-hybridized carbons (Fsp3) is 0.476. The summed E-state index contributed by atoms with van der Waals surface area (Å²) in [5, 5.41) is 18.8. The van der Waals surface area contributed by atoms with Gasteiger partial charge in [-0.25, -0.2) is 0 Å². The van der Waals surface area contributed by atoms with Crippen LogP contribution in [0.5, 0.6) is 0 Å². The zero-order valence-corrected chi connectivity index (χ0v) is 20.2. The lowest BCUT2D eigenvalue weighted by Crippen LogP contribution is -2.56.